The second kappa shape index (κ2) is 6.56. The van der Waals surface area contributed by atoms with Crippen LogP contribution in [0.3, 0.4) is 0 Å². The molecule has 1 heterocycles. The summed E-state index contributed by atoms with van der Waals surface area (Å²) in [5.74, 6) is -1.27. The van der Waals surface area contributed by atoms with E-state index in [-0.39, 0.29) is 17.1 Å². The van der Waals surface area contributed by atoms with E-state index in [1.54, 1.807) is 0 Å². The monoisotopic (exact) mass is 300 g/mol. The van der Waals surface area contributed by atoms with Crippen LogP contribution in [0.5, 0.6) is 0 Å². The van der Waals surface area contributed by atoms with Gasteiger partial charge in [0.15, 0.2) is 0 Å². The first-order valence-corrected chi connectivity index (χ1v) is 6.61. The Bertz CT molecular complexity index is 504. The molecule has 0 atom stereocenters. The van der Waals surface area contributed by atoms with Crippen molar-refractivity contribution in [2.45, 2.75) is 6.42 Å². The first-order chi connectivity index (χ1) is 9.59. The second-order valence-corrected chi connectivity index (χ2v) is 4.71. The molecule has 2 amide bonds. The van der Waals surface area contributed by atoms with Crippen molar-refractivity contribution < 1.29 is 18.7 Å². The SMILES string of the molecule is O=C(NCCN1CCCOC1=O)c1c(F)cccc1Cl. The summed E-state index contributed by atoms with van der Waals surface area (Å²) in [5.41, 5.74) is -0.185. The Kier molecular flexibility index (Phi) is 4.79. The van der Waals surface area contributed by atoms with Crippen molar-refractivity contribution in [3.05, 3.63) is 34.6 Å². The molecule has 0 aromatic heterocycles. The summed E-state index contributed by atoms with van der Waals surface area (Å²) in [6, 6.07) is 4.04. The van der Waals surface area contributed by atoms with Crippen LogP contribution < -0.4 is 5.32 Å². The van der Waals surface area contributed by atoms with Crippen LogP contribution in [-0.2, 0) is 4.74 Å². The van der Waals surface area contributed by atoms with Gasteiger partial charge < -0.3 is 15.0 Å². The molecule has 0 aliphatic carbocycles. The van der Waals surface area contributed by atoms with Crippen LogP contribution in [0.2, 0.25) is 5.02 Å². The summed E-state index contributed by atoms with van der Waals surface area (Å²) < 4.78 is 18.4. The van der Waals surface area contributed by atoms with Crippen molar-refractivity contribution in [3.8, 4) is 0 Å². The molecule has 7 heteroatoms. The molecule has 108 valence electrons. The van der Waals surface area contributed by atoms with Crippen molar-refractivity contribution >= 4 is 23.6 Å². The van der Waals surface area contributed by atoms with Crippen molar-refractivity contribution in [1.82, 2.24) is 10.2 Å². The van der Waals surface area contributed by atoms with Crippen LogP contribution in [0, 0.1) is 5.82 Å². The number of hydrogen-bond donors (Lipinski definition) is 1. The smallest absolute Gasteiger partial charge is 0.409 e. The molecule has 0 saturated carbocycles. The van der Waals surface area contributed by atoms with Crippen LogP contribution >= 0.6 is 11.6 Å². The van der Waals surface area contributed by atoms with E-state index in [2.05, 4.69) is 5.32 Å². The molecule has 20 heavy (non-hydrogen) atoms. The van der Waals surface area contributed by atoms with Gasteiger partial charge in [-0.15, -0.1) is 0 Å². The number of cyclic esters (lactones) is 1. The number of ether oxygens (including phenoxy) is 1. The topological polar surface area (TPSA) is 58.6 Å². The summed E-state index contributed by atoms with van der Waals surface area (Å²) in [5, 5.41) is 2.59. The molecular formula is C13H14ClFN2O3. The number of carbonyl (C=O) groups excluding carboxylic acids is 2. The minimum Gasteiger partial charge on any atom is -0.449 e. The van der Waals surface area contributed by atoms with E-state index in [1.165, 1.54) is 23.1 Å². The minimum atomic E-state index is -0.674. The Morgan fingerprint density at radius 2 is 2.30 bits per heavy atom. The average Bonchev–Trinajstić information content (AvgIpc) is 2.41. The van der Waals surface area contributed by atoms with E-state index >= 15 is 0 Å². The summed E-state index contributed by atoms with van der Waals surface area (Å²) in [6.07, 6.45) is 0.369. The van der Waals surface area contributed by atoms with Gasteiger partial charge in [-0.05, 0) is 18.6 Å². The van der Waals surface area contributed by atoms with E-state index < -0.39 is 17.8 Å². The Labute approximate surface area is 120 Å². The molecule has 0 unspecified atom stereocenters. The van der Waals surface area contributed by atoms with Gasteiger partial charge in [0.25, 0.3) is 5.91 Å². The van der Waals surface area contributed by atoms with Gasteiger partial charge in [-0.3, -0.25) is 4.79 Å². The number of nitrogens with one attached hydrogen (secondary N) is 1. The highest BCUT2D eigenvalue weighted by atomic mass is 35.5. The number of benzene rings is 1. The zero-order valence-electron chi connectivity index (χ0n) is 10.7. The van der Waals surface area contributed by atoms with Gasteiger partial charge in [0, 0.05) is 19.6 Å². The van der Waals surface area contributed by atoms with Crippen LogP contribution in [0.1, 0.15) is 16.8 Å². The quantitative estimate of drug-likeness (QED) is 0.926. The first-order valence-electron chi connectivity index (χ1n) is 6.23. The molecule has 1 N–H and O–H groups in total. The lowest BCUT2D eigenvalue weighted by molar-refractivity contribution is 0.0719. The maximum atomic E-state index is 13.5. The van der Waals surface area contributed by atoms with Gasteiger partial charge in [-0.2, -0.15) is 0 Å². The third kappa shape index (κ3) is 3.39. The summed E-state index contributed by atoms with van der Waals surface area (Å²) in [6.45, 7) is 1.54. The van der Waals surface area contributed by atoms with E-state index in [4.69, 9.17) is 16.3 Å². The first kappa shape index (κ1) is 14.6. The number of amides is 2. The minimum absolute atomic E-state index is 0.0554. The summed E-state index contributed by atoms with van der Waals surface area (Å²) in [4.78, 5) is 24.7. The van der Waals surface area contributed by atoms with Crippen LogP contribution in [-0.4, -0.2) is 43.1 Å². The molecule has 1 aliphatic heterocycles. The maximum absolute atomic E-state index is 13.5. The van der Waals surface area contributed by atoms with Gasteiger partial charge in [-0.1, -0.05) is 17.7 Å². The van der Waals surface area contributed by atoms with Gasteiger partial charge in [0.05, 0.1) is 17.2 Å². The number of halogens is 2. The van der Waals surface area contributed by atoms with Crippen LogP contribution in [0.4, 0.5) is 9.18 Å². The van der Waals surface area contributed by atoms with Crippen LogP contribution in [0.15, 0.2) is 18.2 Å². The van der Waals surface area contributed by atoms with Crippen LogP contribution in [0.25, 0.3) is 0 Å². The lowest BCUT2D eigenvalue weighted by atomic mass is 10.2. The largest absolute Gasteiger partial charge is 0.449 e. The standard InChI is InChI=1S/C13H14ClFN2O3/c14-9-3-1-4-10(15)11(9)12(18)16-5-7-17-6-2-8-20-13(17)19/h1,3-4H,2,5-8H2,(H,16,18). The fourth-order valence-corrected chi connectivity index (χ4v) is 2.16. The molecular weight excluding hydrogens is 287 g/mol. The van der Waals surface area contributed by atoms with E-state index in [1.807, 2.05) is 0 Å². The second-order valence-electron chi connectivity index (χ2n) is 4.31. The highest BCUT2D eigenvalue weighted by Crippen LogP contribution is 2.18. The molecule has 5 nitrogen and oxygen atoms in total. The fourth-order valence-electron chi connectivity index (χ4n) is 1.91. The fraction of sp³-hybridized carbons (Fsp3) is 0.385. The zero-order valence-corrected chi connectivity index (χ0v) is 11.5. The average molecular weight is 301 g/mol. The lowest BCUT2D eigenvalue weighted by Crippen LogP contribution is -2.42. The normalized spacial score (nSPS) is 14.9. The van der Waals surface area contributed by atoms with E-state index in [9.17, 15) is 14.0 Å². The van der Waals surface area contributed by atoms with E-state index in [0.29, 0.717) is 19.7 Å². The predicted molar refractivity (Wildman–Crippen MR) is 71.3 cm³/mol. The van der Waals surface area contributed by atoms with Gasteiger partial charge in [-0.25, -0.2) is 9.18 Å². The van der Waals surface area contributed by atoms with Crippen molar-refractivity contribution in [2.24, 2.45) is 0 Å². The lowest BCUT2D eigenvalue weighted by Gasteiger charge is -2.26. The highest BCUT2D eigenvalue weighted by molar-refractivity contribution is 6.33. The Morgan fingerprint density at radius 3 is 3.00 bits per heavy atom. The van der Waals surface area contributed by atoms with Crippen molar-refractivity contribution in [2.75, 3.05) is 26.2 Å². The summed E-state index contributed by atoms with van der Waals surface area (Å²) >= 11 is 5.79. The zero-order chi connectivity index (χ0) is 14.5. The maximum Gasteiger partial charge on any atom is 0.409 e. The van der Waals surface area contributed by atoms with Gasteiger partial charge in [0.2, 0.25) is 0 Å². The van der Waals surface area contributed by atoms with Crippen molar-refractivity contribution in [3.63, 3.8) is 0 Å². The third-order valence-corrected chi connectivity index (χ3v) is 3.23. The third-order valence-electron chi connectivity index (χ3n) is 2.91. The number of nitrogens with zero attached hydrogens (tertiary/aromatic N) is 1. The molecule has 1 aromatic rings. The molecule has 1 aromatic carbocycles. The Balaban J connectivity index is 1.88. The highest BCUT2D eigenvalue weighted by Gasteiger charge is 2.20. The Hall–Kier alpha value is -1.82. The molecule has 1 saturated heterocycles. The predicted octanol–water partition coefficient (Wildman–Crippen LogP) is 2.05. The number of hydrogen-bond acceptors (Lipinski definition) is 3. The molecule has 1 aliphatic rings. The van der Waals surface area contributed by atoms with E-state index in [0.717, 1.165) is 6.42 Å². The van der Waals surface area contributed by atoms with Gasteiger partial charge >= 0.3 is 6.09 Å². The molecule has 0 radical (unpaired) electrons. The summed E-state index contributed by atoms with van der Waals surface area (Å²) in [7, 11) is 0. The molecule has 0 spiro atoms. The number of rotatable bonds is 4. The number of carbonyl (C=O) groups is 2. The Morgan fingerprint density at radius 1 is 1.50 bits per heavy atom. The molecule has 0 bridgehead atoms. The molecule has 1 fully saturated rings. The molecule has 2 rings (SSSR count). The van der Waals surface area contributed by atoms with Gasteiger partial charge in [0.1, 0.15) is 5.82 Å². The van der Waals surface area contributed by atoms with Crippen molar-refractivity contribution in [1.29, 1.82) is 0 Å².